The minimum absolute atomic E-state index is 0.0428. The number of likely N-dealkylation sites (tertiary alicyclic amines) is 1. The summed E-state index contributed by atoms with van der Waals surface area (Å²) >= 11 is 0. The molecule has 6 nitrogen and oxygen atoms in total. The molecule has 2 saturated heterocycles. The van der Waals surface area contributed by atoms with Crippen LogP contribution in [0, 0.1) is 17.4 Å². The van der Waals surface area contributed by atoms with Gasteiger partial charge in [-0.25, -0.2) is 4.98 Å². The van der Waals surface area contributed by atoms with Crippen molar-refractivity contribution in [3.63, 3.8) is 0 Å². The van der Waals surface area contributed by atoms with Gasteiger partial charge in [0.05, 0.1) is 5.92 Å². The largest absolute Gasteiger partial charge is 0.357 e. The topological polar surface area (TPSA) is 72.3 Å². The van der Waals surface area contributed by atoms with Crippen LogP contribution in [0.25, 0.3) is 0 Å². The number of carbonyl (C=O) groups is 1. The van der Waals surface area contributed by atoms with Crippen LogP contribution in [0.5, 0.6) is 0 Å². The van der Waals surface area contributed by atoms with E-state index in [4.69, 9.17) is 5.26 Å². The van der Waals surface area contributed by atoms with Crippen molar-refractivity contribution in [2.24, 2.45) is 5.92 Å². The molecular weight excluding hydrogens is 266 g/mol. The molecule has 110 valence electrons. The second-order valence-corrected chi connectivity index (χ2v) is 5.60. The maximum absolute atomic E-state index is 12.2. The van der Waals surface area contributed by atoms with Crippen LogP contribution in [-0.4, -0.2) is 42.0 Å². The minimum Gasteiger partial charge on any atom is -0.357 e. The molecule has 0 aliphatic carbocycles. The predicted molar refractivity (Wildman–Crippen MR) is 79.6 cm³/mol. The molecule has 1 unspecified atom stereocenters. The lowest BCUT2D eigenvalue weighted by atomic mass is 10.1. The van der Waals surface area contributed by atoms with Crippen molar-refractivity contribution >= 4 is 17.5 Å². The van der Waals surface area contributed by atoms with Crippen molar-refractivity contribution in [3.8, 4) is 6.19 Å². The van der Waals surface area contributed by atoms with E-state index in [1.165, 1.54) is 12.8 Å². The summed E-state index contributed by atoms with van der Waals surface area (Å²) in [6.45, 7) is 3.23. The van der Waals surface area contributed by atoms with E-state index in [2.05, 4.69) is 21.4 Å². The summed E-state index contributed by atoms with van der Waals surface area (Å²) < 4.78 is 0. The Balaban J connectivity index is 1.63. The average molecular weight is 285 g/mol. The molecule has 0 bridgehead atoms. The summed E-state index contributed by atoms with van der Waals surface area (Å²) in [6.07, 6.45) is 5.21. The number of hydrogen-bond acceptors (Lipinski definition) is 5. The number of nitrogens with zero attached hydrogens (tertiary/aromatic N) is 4. The number of hydrogen-bond donors (Lipinski definition) is 1. The van der Waals surface area contributed by atoms with Crippen molar-refractivity contribution in [3.05, 3.63) is 18.2 Å². The first-order valence-corrected chi connectivity index (χ1v) is 7.44. The van der Waals surface area contributed by atoms with Crippen LogP contribution in [0.2, 0.25) is 0 Å². The van der Waals surface area contributed by atoms with Crippen LogP contribution < -0.4 is 10.2 Å². The molecule has 6 heteroatoms. The van der Waals surface area contributed by atoms with Gasteiger partial charge in [-0.1, -0.05) is 6.07 Å². The molecule has 1 aromatic heterocycles. The van der Waals surface area contributed by atoms with Gasteiger partial charge in [0.25, 0.3) is 0 Å². The van der Waals surface area contributed by atoms with Crippen molar-refractivity contribution in [2.45, 2.75) is 19.3 Å². The fourth-order valence-electron chi connectivity index (χ4n) is 2.91. The number of aromatic nitrogens is 1. The highest BCUT2D eigenvalue weighted by atomic mass is 16.2. The van der Waals surface area contributed by atoms with E-state index in [0.717, 1.165) is 25.3 Å². The number of nitriles is 1. The third kappa shape index (κ3) is 3.07. The van der Waals surface area contributed by atoms with Crippen LogP contribution >= 0.6 is 0 Å². The Bertz CT molecular complexity index is 561. The third-order valence-electron chi connectivity index (χ3n) is 4.12. The van der Waals surface area contributed by atoms with Gasteiger partial charge in [0.15, 0.2) is 6.19 Å². The van der Waals surface area contributed by atoms with Gasteiger partial charge in [-0.2, -0.15) is 5.26 Å². The van der Waals surface area contributed by atoms with Gasteiger partial charge in [0.1, 0.15) is 11.6 Å². The number of carbonyl (C=O) groups excluding carboxylic acids is 1. The van der Waals surface area contributed by atoms with E-state index < -0.39 is 0 Å². The average Bonchev–Trinajstić information content (AvgIpc) is 3.19. The van der Waals surface area contributed by atoms with Gasteiger partial charge < -0.3 is 15.1 Å². The van der Waals surface area contributed by atoms with Crippen molar-refractivity contribution in [1.29, 1.82) is 5.26 Å². The number of anilines is 2. The van der Waals surface area contributed by atoms with Crippen molar-refractivity contribution in [2.75, 3.05) is 36.4 Å². The lowest BCUT2D eigenvalue weighted by Crippen LogP contribution is -2.26. The highest BCUT2D eigenvalue weighted by Crippen LogP contribution is 2.21. The van der Waals surface area contributed by atoms with E-state index in [1.54, 1.807) is 4.90 Å². The maximum atomic E-state index is 12.2. The van der Waals surface area contributed by atoms with Gasteiger partial charge in [-0.05, 0) is 31.4 Å². The lowest BCUT2D eigenvalue weighted by molar-refractivity contribution is -0.119. The van der Waals surface area contributed by atoms with Crippen LogP contribution in [0.15, 0.2) is 18.2 Å². The van der Waals surface area contributed by atoms with Crippen LogP contribution in [-0.2, 0) is 4.79 Å². The summed E-state index contributed by atoms with van der Waals surface area (Å²) in [5, 5.41) is 11.7. The molecule has 0 saturated carbocycles. The molecule has 1 amide bonds. The molecule has 21 heavy (non-hydrogen) atoms. The molecule has 0 radical (unpaired) electrons. The van der Waals surface area contributed by atoms with Crippen LogP contribution in [0.4, 0.5) is 11.6 Å². The van der Waals surface area contributed by atoms with Gasteiger partial charge in [-0.15, -0.1) is 0 Å². The number of nitrogens with one attached hydrogen (secondary N) is 1. The molecular formula is C15H19N5O. The molecule has 1 N–H and O–H groups in total. The molecule has 0 aromatic carbocycles. The first-order chi connectivity index (χ1) is 10.3. The lowest BCUT2D eigenvalue weighted by Gasteiger charge is -2.17. The van der Waals surface area contributed by atoms with E-state index >= 15 is 0 Å². The van der Waals surface area contributed by atoms with E-state index in [9.17, 15) is 4.79 Å². The molecule has 2 aliphatic heterocycles. The summed E-state index contributed by atoms with van der Waals surface area (Å²) in [7, 11) is 0. The van der Waals surface area contributed by atoms with Gasteiger partial charge >= 0.3 is 0 Å². The standard InChI is InChI=1S/C15H19N5O/c16-11-19-9-6-12(10-19)15(21)18-13-4-3-5-14(17-13)20-7-1-2-8-20/h3-5,12H,1-2,6-10H2,(H,17,18,21). The zero-order chi connectivity index (χ0) is 14.7. The van der Waals surface area contributed by atoms with Crippen molar-refractivity contribution in [1.82, 2.24) is 9.88 Å². The number of rotatable bonds is 3. The Morgan fingerprint density at radius 3 is 2.86 bits per heavy atom. The normalized spacial score (nSPS) is 21.4. The van der Waals surface area contributed by atoms with Gasteiger partial charge in [0, 0.05) is 26.2 Å². The number of pyridine rings is 1. The SMILES string of the molecule is N#CN1CCC(C(=O)Nc2cccc(N3CCCC3)n2)C1. The fourth-order valence-corrected chi connectivity index (χ4v) is 2.91. The summed E-state index contributed by atoms with van der Waals surface area (Å²) in [4.78, 5) is 20.6. The van der Waals surface area contributed by atoms with E-state index in [1.807, 2.05) is 18.2 Å². The molecule has 2 aliphatic rings. The van der Waals surface area contributed by atoms with Crippen molar-refractivity contribution < 1.29 is 4.79 Å². The summed E-state index contributed by atoms with van der Waals surface area (Å²) in [5.41, 5.74) is 0. The highest BCUT2D eigenvalue weighted by Gasteiger charge is 2.28. The fraction of sp³-hybridized carbons (Fsp3) is 0.533. The molecule has 3 rings (SSSR count). The first-order valence-electron chi connectivity index (χ1n) is 7.44. The zero-order valence-electron chi connectivity index (χ0n) is 12.0. The molecule has 3 heterocycles. The van der Waals surface area contributed by atoms with Crippen LogP contribution in [0.3, 0.4) is 0 Å². The smallest absolute Gasteiger partial charge is 0.230 e. The summed E-state index contributed by atoms with van der Waals surface area (Å²) in [5.74, 6) is 1.36. The first kappa shape index (κ1) is 13.7. The summed E-state index contributed by atoms with van der Waals surface area (Å²) in [6, 6.07) is 5.72. The second kappa shape index (κ2) is 6.00. The molecule has 1 atom stereocenters. The molecule has 2 fully saturated rings. The third-order valence-corrected chi connectivity index (χ3v) is 4.12. The minimum atomic E-state index is -0.123. The Morgan fingerprint density at radius 1 is 1.33 bits per heavy atom. The Labute approximate surface area is 124 Å². The van der Waals surface area contributed by atoms with Gasteiger partial charge in [-0.3, -0.25) is 4.79 Å². The maximum Gasteiger partial charge on any atom is 0.230 e. The predicted octanol–water partition coefficient (Wildman–Crippen LogP) is 1.42. The Morgan fingerprint density at radius 2 is 2.14 bits per heavy atom. The van der Waals surface area contributed by atoms with E-state index in [-0.39, 0.29) is 11.8 Å². The van der Waals surface area contributed by atoms with Crippen LogP contribution in [0.1, 0.15) is 19.3 Å². The number of amides is 1. The highest BCUT2D eigenvalue weighted by molar-refractivity contribution is 5.92. The Hall–Kier alpha value is -2.29. The Kier molecular flexibility index (Phi) is 3.91. The van der Waals surface area contributed by atoms with Gasteiger partial charge in [0.2, 0.25) is 5.91 Å². The quantitative estimate of drug-likeness (QED) is 0.850. The molecule has 0 spiro atoms. The van der Waals surface area contributed by atoms with E-state index in [0.29, 0.717) is 18.9 Å². The molecule has 1 aromatic rings. The zero-order valence-corrected chi connectivity index (χ0v) is 12.0. The monoisotopic (exact) mass is 285 g/mol. The second-order valence-electron chi connectivity index (χ2n) is 5.60.